The zero-order valence-corrected chi connectivity index (χ0v) is 19.7. The Balaban J connectivity index is 1.71. The molecule has 1 fully saturated rings. The summed E-state index contributed by atoms with van der Waals surface area (Å²) in [6.45, 7) is 5.09. The molecule has 0 saturated heterocycles. The van der Waals surface area contributed by atoms with Crippen molar-refractivity contribution in [2.75, 3.05) is 7.05 Å². The van der Waals surface area contributed by atoms with Crippen molar-refractivity contribution in [1.29, 1.82) is 0 Å². The molecule has 2 atom stereocenters. The van der Waals surface area contributed by atoms with Gasteiger partial charge < -0.3 is 11.1 Å². The molecule has 1 amide bonds. The number of rotatable bonds is 6. The number of amides is 1. The lowest BCUT2D eigenvalue weighted by Gasteiger charge is -2.45. The highest BCUT2D eigenvalue weighted by molar-refractivity contribution is 9.10. The van der Waals surface area contributed by atoms with E-state index in [0.717, 1.165) is 28.8 Å². The number of carbonyl (C=O) groups excluding carboxylic acids is 1. The van der Waals surface area contributed by atoms with Crippen LogP contribution in [0.15, 0.2) is 57.9 Å². The van der Waals surface area contributed by atoms with Crippen molar-refractivity contribution in [2.24, 2.45) is 17.6 Å². The monoisotopic (exact) mass is 475 g/mol. The van der Waals surface area contributed by atoms with Gasteiger partial charge in [-0.2, -0.15) is 0 Å². The zero-order valence-electron chi connectivity index (χ0n) is 17.3. The minimum atomic E-state index is -0.653. The summed E-state index contributed by atoms with van der Waals surface area (Å²) in [6, 6.07) is 16.1. The first-order chi connectivity index (χ1) is 13.8. The molecule has 2 unspecified atom stereocenters. The van der Waals surface area contributed by atoms with Gasteiger partial charge in [0.1, 0.15) is 0 Å². The minimum Gasteiger partial charge on any atom is -0.334 e. The van der Waals surface area contributed by atoms with Crippen molar-refractivity contribution < 1.29 is 4.79 Å². The summed E-state index contributed by atoms with van der Waals surface area (Å²) < 4.78 is 3.13. The van der Waals surface area contributed by atoms with E-state index in [-0.39, 0.29) is 17.7 Å². The van der Waals surface area contributed by atoms with E-state index in [0.29, 0.717) is 5.56 Å². The quantitative estimate of drug-likeness (QED) is 0.431. The smallest absolute Gasteiger partial charge is 0.252 e. The van der Waals surface area contributed by atoms with Gasteiger partial charge in [0, 0.05) is 21.5 Å². The van der Waals surface area contributed by atoms with E-state index in [9.17, 15) is 4.79 Å². The second kappa shape index (κ2) is 9.65. The molecule has 0 radical (unpaired) electrons. The summed E-state index contributed by atoms with van der Waals surface area (Å²) in [5.74, 6) is 0.418. The van der Waals surface area contributed by atoms with E-state index in [4.69, 9.17) is 5.73 Å². The second-order valence-electron chi connectivity index (χ2n) is 8.13. The van der Waals surface area contributed by atoms with Crippen LogP contribution in [-0.4, -0.2) is 22.9 Å². The van der Waals surface area contributed by atoms with Crippen LogP contribution in [0.4, 0.5) is 0 Å². The maximum absolute atomic E-state index is 13.0. The van der Waals surface area contributed by atoms with E-state index < -0.39 is 5.66 Å². The third kappa shape index (κ3) is 5.43. The van der Waals surface area contributed by atoms with E-state index in [1.54, 1.807) is 11.9 Å². The highest BCUT2D eigenvalue weighted by Crippen LogP contribution is 2.35. The van der Waals surface area contributed by atoms with Crippen molar-refractivity contribution in [3.8, 4) is 0 Å². The van der Waals surface area contributed by atoms with Gasteiger partial charge in [-0.3, -0.25) is 4.79 Å². The number of carbonyl (C=O) groups is 1. The van der Waals surface area contributed by atoms with E-state index in [1.165, 1.54) is 12.0 Å². The van der Waals surface area contributed by atoms with Crippen molar-refractivity contribution in [3.05, 3.63) is 64.1 Å². The number of hydrogen-bond acceptors (Lipinski definition) is 4. The van der Waals surface area contributed by atoms with Crippen LogP contribution in [0.25, 0.3) is 0 Å². The molecule has 2 aromatic carbocycles. The predicted molar refractivity (Wildman–Crippen MR) is 124 cm³/mol. The molecule has 1 aliphatic carbocycles. The molecule has 2 aromatic rings. The van der Waals surface area contributed by atoms with Crippen LogP contribution in [0.3, 0.4) is 0 Å². The molecule has 29 heavy (non-hydrogen) atoms. The van der Waals surface area contributed by atoms with Gasteiger partial charge in [0.05, 0.1) is 5.66 Å². The Morgan fingerprint density at radius 2 is 1.86 bits per heavy atom. The first-order valence-electron chi connectivity index (χ1n) is 10.1. The third-order valence-corrected chi connectivity index (χ3v) is 7.86. The summed E-state index contributed by atoms with van der Waals surface area (Å²) in [6.07, 6.45) is 3.27. The molecule has 0 heterocycles. The van der Waals surface area contributed by atoms with Crippen molar-refractivity contribution in [2.45, 2.75) is 50.2 Å². The lowest BCUT2D eigenvalue weighted by atomic mass is 9.73. The average molecular weight is 476 g/mol. The van der Waals surface area contributed by atoms with Crippen molar-refractivity contribution in [3.63, 3.8) is 0 Å². The Bertz CT molecular complexity index is 835. The highest BCUT2D eigenvalue weighted by Gasteiger charge is 2.41. The molecule has 0 aromatic heterocycles. The molecule has 0 aliphatic heterocycles. The zero-order chi connectivity index (χ0) is 21.0. The largest absolute Gasteiger partial charge is 0.334 e. The standard InChI is InChI=1S/C23H30BrN3OS/c1-16-8-7-9-17(2)23(16,25)26-22(28)19-12-13-20(24)21(14-19)29-27(3)15-18-10-5-4-6-11-18/h4-6,10-14,16-17H,7-9,15,25H2,1-3H3,(H,26,28). The molecule has 3 rings (SSSR count). The van der Waals surface area contributed by atoms with Gasteiger partial charge in [0.2, 0.25) is 0 Å². The molecule has 156 valence electrons. The fraction of sp³-hybridized carbons (Fsp3) is 0.435. The molecule has 3 N–H and O–H groups in total. The molecular weight excluding hydrogens is 446 g/mol. The first kappa shape index (κ1) is 22.3. The highest BCUT2D eigenvalue weighted by atomic mass is 79.9. The Kier molecular flexibility index (Phi) is 7.43. The molecule has 0 spiro atoms. The van der Waals surface area contributed by atoms with Crippen LogP contribution in [-0.2, 0) is 6.54 Å². The molecule has 4 nitrogen and oxygen atoms in total. The van der Waals surface area contributed by atoms with Gasteiger partial charge >= 0.3 is 0 Å². The van der Waals surface area contributed by atoms with Gasteiger partial charge in [-0.05, 0) is 83.4 Å². The van der Waals surface area contributed by atoms with Crippen LogP contribution in [0.1, 0.15) is 49.0 Å². The van der Waals surface area contributed by atoms with Crippen LogP contribution in [0.2, 0.25) is 0 Å². The minimum absolute atomic E-state index is 0.104. The SMILES string of the molecule is CC1CCCC(C)C1(N)NC(=O)c1ccc(Br)c(SN(C)Cc2ccccc2)c1. The average Bonchev–Trinajstić information content (AvgIpc) is 2.68. The molecule has 0 bridgehead atoms. The molecular formula is C23H30BrN3OS. The normalized spacial score (nSPS) is 24.5. The Morgan fingerprint density at radius 3 is 2.52 bits per heavy atom. The van der Waals surface area contributed by atoms with Gasteiger partial charge in [-0.25, -0.2) is 4.31 Å². The summed E-state index contributed by atoms with van der Waals surface area (Å²) in [4.78, 5) is 14.0. The van der Waals surface area contributed by atoms with Gasteiger partial charge in [0.15, 0.2) is 0 Å². The fourth-order valence-corrected chi connectivity index (χ4v) is 5.31. The predicted octanol–water partition coefficient (Wildman–Crippen LogP) is 5.43. The van der Waals surface area contributed by atoms with Crippen LogP contribution in [0.5, 0.6) is 0 Å². The number of nitrogens with one attached hydrogen (secondary N) is 1. The van der Waals surface area contributed by atoms with Gasteiger partial charge in [-0.1, -0.05) is 50.6 Å². The topological polar surface area (TPSA) is 58.4 Å². The van der Waals surface area contributed by atoms with E-state index >= 15 is 0 Å². The lowest BCUT2D eigenvalue weighted by molar-refractivity contribution is 0.0663. The van der Waals surface area contributed by atoms with Gasteiger partial charge in [-0.15, -0.1) is 0 Å². The van der Waals surface area contributed by atoms with Crippen molar-refractivity contribution >= 4 is 33.8 Å². The fourth-order valence-electron chi connectivity index (χ4n) is 3.96. The van der Waals surface area contributed by atoms with Gasteiger partial charge in [0.25, 0.3) is 5.91 Å². The Labute approximate surface area is 186 Å². The number of nitrogens with zero attached hydrogens (tertiary/aromatic N) is 1. The summed E-state index contributed by atoms with van der Waals surface area (Å²) in [5.41, 5.74) is 7.90. The third-order valence-electron chi connectivity index (χ3n) is 5.93. The van der Waals surface area contributed by atoms with Crippen molar-refractivity contribution in [1.82, 2.24) is 9.62 Å². The Morgan fingerprint density at radius 1 is 1.21 bits per heavy atom. The Hall–Kier alpha value is -1.34. The number of benzene rings is 2. The van der Waals surface area contributed by atoms with E-state index in [1.807, 2.05) is 36.4 Å². The summed E-state index contributed by atoms with van der Waals surface area (Å²) in [7, 11) is 2.05. The van der Waals surface area contributed by atoms with Crippen LogP contribution in [0, 0.1) is 11.8 Å². The number of nitrogens with two attached hydrogens (primary N) is 1. The first-order valence-corrected chi connectivity index (χ1v) is 11.7. The van der Waals surface area contributed by atoms with Crippen LogP contribution >= 0.6 is 27.9 Å². The number of hydrogen-bond donors (Lipinski definition) is 2. The lowest BCUT2D eigenvalue weighted by Crippen LogP contribution is -2.65. The maximum atomic E-state index is 13.0. The molecule has 1 saturated carbocycles. The van der Waals surface area contributed by atoms with E-state index in [2.05, 4.69) is 58.6 Å². The maximum Gasteiger partial charge on any atom is 0.252 e. The van der Waals surface area contributed by atoms with Crippen LogP contribution < -0.4 is 11.1 Å². The number of halogens is 1. The molecule has 1 aliphatic rings. The summed E-state index contributed by atoms with van der Waals surface area (Å²) in [5, 5.41) is 3.15. The second-order valence-corrected chi connectivity index (χ2v) is 10.2. The summed E-state index contributed by atoms with van der Waals surface area (Å²) >= 11 is 5.24. The molecule has 6 heteroatoms.